The number of unbranched alkanes of at least 4 members (excludes halogenated alkanes) is 16. The van der Waals surface area contributed by atoms with E-state index in [-0.39, 0.29) is 29.8 Å². The SMILES string of the molecule is CCCCOC(=O)CCCCCCC(O)CN(CCCCSSCCN1CCN(CCOC(=O)CCCCN(CC(O)CCCCCCC(=O)OCCC(C)C)CC(O)CCCCCCC(=O)OCCC(C)C)CC1)CC(O)CCCCCCC(=O)OCCCC. The van der Waals surface area contributed by atoms with Crippen molar-refractivity contribution < 1.29 is 68.1 Å². The van der Waals surface area contributed by atoms with Gasteiger partial charge in [-0.2, -0.15) is 0 Å². The zero-order chi connectivity index (χ0) is 66.8. The van der Waals surface area contributed by atoms with Gasteiger partial charge in [-0.1, -0.05) is 153 Å². The number of hydrogen-bond donors (Lipinski definition) is 4. The van der Waals surface area contributed by atoms with Crippen LogP contribution in [0.5, 0.6) is 0 Å². The summed E-state index contributed by atoms with van der Waals surface area (Å²) in [7, 11) is 3.85. The Morgan fingerprint density at radius 1 is 0.352 bits per heavy atom. The van der Waals surface area contributed by atoms with Crippen LogP contribution in [0.15, 0.2) is 0 Å². The summed E-state index contributed by atoms with van der Waals surface area (Å²) < 4.78 is 26.9. The Bertz CT molecular complexity index is 1650. The van der Waals surface area contributed by atoms with Crippen LogP contribution in [0.1, 0.15) is 266 Å². The van der Waals surface area contributed by atoms with Gasteiger partial charge in [0.05, 0.1) is 50.8 Å². The first-order valence-corrected chi connectivity index (χ1v) is 39.1. The van der Waals surface area contributed by atoms with E-state index in [2.05, 4.69) is 61.1 Å². The Morgan fingerprint density at radius 2 is 0.648 bits per heavy atom. The number of rotatable bonds is 65. The van der Waals surface area contributed by atoms with E-state index < -0.39 is 24.4 Å². The Morgan fingerprint density at radius 3 is 1.00 bits per heavy atom. The lowest BCUT2D eigenvalue weighted by Gasteiger charge is -2.34. The topological polar surface area (TPSA) is 225 Å². The van der Waals surface area contributed by atoms with Gasteiger partial charge in [0.2, 0.25) is 0 Å². The Labute approximate surface area is 562 Å². The Balaban J connectivity index is 2.43. The molecule has 536 valence electrons. The third-order valence-corrected chi connectivity index (χ3v) is 19.2. The lowest BCUT2D eigenvalue weighted by Crippen LogP contribution is -2.47. The minimum Gasteiger partial charge on any atom is -0.466 e. The fourth-order valence-electron chi connectivity index (χ4n) is 10.8. The van der Waals surface area contributed by atoms with Crippen molar-refractivity contribution in [2.24, 2.45) is 11.8 Å². The first-order chi connectivity index (χ1) is 44.0. The molecule has 0 spiro atoms. The highest BCUT2D eigenvalue weighted by atomic mass is 33.1. The second-order valence-electron chi connectivity index (χ2n) is 26.6. The van der Waals surface area contributed by atoms with Gasteiger partial charge in [-0.3, -0.25) is 43.6 Å². The number of carbonyl (C=O) groups is 5. The molecule has 0 radical (unpaired) electrons. The molecule has 1 aliphatic heterocycles. The second kappa shape index (κ2) is 61.3. The first-order valence-electron chi connectivity index (χ1n) is 36.6. The molecule has 4 atom stereocenters. The highest BCUT2D eigenvalue weighted by Crippen LogP contribution is 2.23. The van der Waals surface area contributed by atoms with Crippen LogP contribution in [-0.4, -0.2) is 217 Å². The van der Waals surface area contributed by atoms with Crippen molar-refractivity contribution in [1.29, 1.82) is 0 Å². The molecule has 0 amide bonds. The van der Waals surface area contributed by atoms with E-state index in [4.69, 9.17) is 23.7 Å². The Hall–Kier alpha value is -2.27. The molecular formula is C71H136N4O14S2. The van der Waals surface area contributed by atoms with Crippen LogP contribution >= 0.6 is 21.6 Å². The van der Waals surface area contributed by atoms with Crippen molar-refractivity contribution in [3.63, 3.8) is 0 Å². The number of piperazine rings is 1. The van der Waals surface area contributed by atoms with Crippen molar-refractivity contribution in [3.8, 4) is 0 Å². The smallest absolute Gasteiger partial charge is 0.305 e. The summed E-state index contributed by atoms with van der Waals surface area (Å²) in [4.78, 5) is 70.0. The molecule has 1 saturated heterocycles. The summed E-state index contributed by atoms with van der Waals surface area (Å²) >= 11 is 0. The van der Waals surface area contributed by atoms with Crippen molar-refractivity contribution in [1.82, 2.24) is 19.6 Å². The van der Waals surface area contributed by atoms with Crippen LogP contribution in [0.2, 0.25) is 0 Å². The number of carbonyl (C=O) groups excluding carboxylic acids is 5. The predicted molar refractivity (Wildman–Crippen MR) is 372 cm³/mol. The molecule has 4 unspecified atom stereocenters. The van der Waals surface area contributed by atoms with Crippen molar-refractivity contribution >= 4 is 51.4 Å². The second-order valence-corrected chi connectivity index (χ2v) is 29.3. The molecule has 0 aromatic heterocycles. The predicted octanol–water partition coefficient (Wildman–Crippen LogP) is 12.8. The van der Waals surface area contributed by atoms with E-state index in [1.54, 1.807) is 0 Å². The van der Waals surface area contributed by atoms with Crippen molar-refractivity contribution in [2.75, 3.05) is 123 Å². The summed E-state index contributed by atoms with van der Waals surface area (Å²) in [5, 5.41) is 44.2. The molecule has 4 N–H and O–H groups in total. The molecule has 0 aliphatic carbocycles. The van der Waals surface area contributed by atoms with Crippen LogP contribution in [0.3, 0.4) is 0 Å². The van der Waals surface area contributed by atoms with E-state index in [1.807, 2.05) is 21.6 Å². The fraction of sp³-hybridized carbons (Fsp3) is 0.930. The molecule has 0 saturated carbocycles. The Kier molecular flexibility index (Phi) is 58.5. The van der Waals surface area contributed by atoms with E-state index in [0.29, 0.717) is 142 Å². The molecule has 20 heteroatoms. The lowest BCUT2D eigenvalue weighted by molar-refractivity contribution is -0.145. The van der Waals surface area contributed by atoms with Crippen LogP contribution in [0.4, 0.5) is 0 Å². The zero-order valence-electron chi connectivity index (χ0n) is 58.6. The number of ether oxygens (including phenoxy) is 5. The fourth-order valence-corrected chi connectivity index (χ4v) is 13.0. The maximum Gasteiger partial charge on any atom is 0.305 e. The van der Waals surface area contributed by atoms with Gasteiger partial charge in [-0.25, -0.2) is 0 Å². The number of hydrogen-bond acceptors (Lipinski definition) is 20. The maximum atomic E-state index is 12.8. The molecule has 0 bridgehead atoms. The third-order valence-electron chi connectivity index (χ3n) is 16.8. The summed E-state index contributed by atoms with van der Waals surface area (Å²) in [6.45, 7) is 24.0. The monoisotopic (exact) mass is 1330 g/mol. The van der Waals surface area contributed by atoms with E-state index >= 15 is 0 Å². The van der Waals surface area contributed by atoms with Gasteiger partial charge in [0.15, 0.2) is 0 Å². The summed E-state index contributed by atoms with van der Waals surface area (Å²) in [6.07, 6.45) is 26.0. The summed E-state index contributed by atoms with van der Waals surface area (Å²) in [5.74, 6) is 2.41. The van der Waals surface area contributed by atoms with Crippen LogP contribution in [0.25, 0.3) is 0 Å². The van der Waals surface area contributed by atoms with Gasteiger partial charge in [0.1, 0.15) is 6.61 Å². The third kappa shape index (κ3) is 57.7. The molecular weight excluding hydrogens is 1200 g/mol. The first kappa shape index (κ1) is 86.7. The molecule has 1 heterocycles. The average molecular weight is 1330 g/mol. The average Bonchev–Trinajstić information content (AvgIpc) is 3.46. The van der Waals surface area contributed by atoms with E-state index in [1.165, 1.54) is 0 Å². The highest BCUT2D eigenvalue weighted by molar-refractivity contribution is 8.76. The summed E-state index contributed by atoms with van der Waals surface area (Å²) in [5.41, 5.74) is 0. The molecule has 1 fully saturated rings. The molecule has 0 aromatic rings. The largest absolute Gasteiger partial charge is 0.466 e. The minimum atomic E-state index is -0.538. The standard InChI is InChI=1S/C71H136N4O14S2/c1-7-9-50-85-67(80)35-23-15-11-19-33-65(78)59-75(60-66(79)34-20-12-16-24-36-68(81)86-51-10-8-2)43-29-30-55-90-91-56-49-73-46-44-72(45-47-73)48-54-89-71(84)39-27-28-42-74(57-63(76)31-21-13-17-25-37-69(82)87-52-40-61(3)4)58-64(77)32-22-14-18-26-38-70(83)88-53-41-62(5)6/h61-66,76-79H,7-60H2,1-6H3. The van der Waals surface area contributed by atoms with Crippen LogP contribution < -0.4 is 0 Å². The number of aliphatic hydroxyl groups is 4. The van der Waals surface area contributed by atoms with Gasteiger partial charge < -0.3 is 44.1 Å². The van der Waals surface area contributed by atoms with Crippen molar-refractivity contribution in [2.45, 2.75) is 291 Å². The number of esters is 5. The number of nitrogens with zero attached hydrogens (tertiary/aromatic N) is 4. The van der Waals surface area contributed by atoms with Gasteiger partial charge >= 0.3 is 29.8 Å². The molecule has 1 rings (SSSR count). The van der Waals surface area contributed by atoms with Gasteiger partial charge in [-0.05, 0) is 128 Å². The lowest BCUT2D eigenvalue weighted by atomic mass is 10.1. The highest BCUT2D eigenvalue weighted by Gasteiger charge is 2.21. The van der Waals surface area contributed by atoms with Crippen molar-refractivity contribution in [3.05, 3.63) is 0 Å². The maximum absolute atomic E-state index is 12.8. The van der Waals surface area contributed by atoms with E-state index in [0.717, 1.165) is 218 Å². The molecule has 1 aliphatic rings. The van der Waals surface area contributed by atoms with Gasteiger partial charge in [0, 0.05) is 109 Å². The molecule has 91 heavy (non-hydrogen) atoms. The van der Waals surface area contributed by atoms with Gasteiger partial charge in [-0.15, -0.1) is 0 Å². The molecule has 18 nitrogen and oxygen atoms in total. The normalized spacial score (nSPS) is 14.5. The van der Waals surface area contributed by atoms with Gasteiger partial charge in [0.25, 0.3) is 0 Å². The molecule has 0 aromatic carbocycles. The van der Waals surface area contributed by atoms with Crippen LogP contribution in [-0.2, 0) is 47.7 Å². The minimum absolute atomic E-state index is 0.117. The summed E-state index contributed by atoms with van der Waals surface area (Å²) in [6, 6.07) is 0. The zero-order valence-corrected chi connectivity index (χ0v) is 60.3. The van der Waals surface area contributed by atoms with Crippen LogP contribution in [0, 0.1) is 11.8 Å². The quantitative estimate of drug-likeness (QED) is 0.0192. The number of aliphatic hydroxyl groups excluding tert-OH is 4. The van der Waals surface area contributed by atoms with E-state index in [9.17, 15) is 44.4 Å².